The van der Waals surface area contributed by atoms with Crippen molar-refractivity contribution in [2.24, 2.45) is 5.73 Å². The lowest BCUT2D eigenvalue weighted by Gasteiger charge is -2.22. The van der Waals surface area contributed by atoms with Crippen molar-refractivity contribution in [1.29, 1.82) is 0 Å². The summed E-state index contributed by atoms with van der Waals surface area (Å²) in [5, 5.41) is 0. The molecule has 0 saturated carbocycles. The number of hydrogen-bond acceptors (Lipinski definition) is 4. The van der Waals surface area contributed by atoms with E-state index in [0.717, 1.165) is 17.0 Å². The van der Waals surface area contributed by atoms with Crippen LogP contribution in [0.2, 0.25) is 0 Å². The van der Waals surface area contributed by atoms with Crippen molar-refractivity contribution < 1.29 is 4.79 Å². The third-order valence-electron chi connectivity index (χ3n) is 4.19. The van der Waals surface area contributed by atoms with Gasteiger partial charge in [0.1, 0.15) is 0 Å². The summed E-state index contributed by atoms with van der Waals surface area (Å²) in [5.41, 5.74) is 7.80. The number of rotatable bonds is 8. The van der Waals surface area contributed by atoms with Gasteiger partial charge in [-0.2, -0.15) is 0 Å². The molecule has 0 saturated heterocycles. The number of carbonyl (C=O) groups excluding carboxylic acids is 1. The molecule has 0 fully saturated rings. The Morgan fingerprint density at radius 2 is 1.88 bits per heavy atom. The van der Waals surface area contributed by atoms with E-state index in [9.17, 15) is 9.59 Å². The molecule has 0 bridgehead atoms. The molecule has 2 rings (SSSR count). The van der Waals surface area contributed by atoms with Gasteiger partial charge in [-0.05, 0) is 25.8 Å². The van der Waals surface area contributed by atoms with Gasteiger partial charge in [0.2, 0.25) is 5.91 Å². The number of nitrogens with zero attached hydrogens (tertiary/aromatic N) is 2. The van der Waals surface area contributed by atoms with Crippen LogP contribution in [0.3, 0.4) is 0 Å². The van der Waals surface area contributed by atoms with E-state index in [4.69, 9.17) is 5.73 Å². The summed E-state index contributed by atoms with van der Waals surface area (Å²) in [6.07, 6.45) is 1.13. The first-order valence-electron chi connectivity index (χ1n) is 8.21. The Balaban J connectivity index is 0.00000312. The van der Waals surface area contributed by atoms with Crippen LogP contribution in [0.15, 0.2) is 35.1 Å². The van der Waals surface area contributed by atoms with Crippen molar-refractivity contribution in [3.8, 4) is 0 Å². The number of aromatic nitrogens is 1. The molecule has 0 aliphatic rings. The molecule has 0 aliphatic heterocycles. The minimum absolute atomic E-state index is 0. The highest BCUT2D eigenvalue weighted by Gasteiger charge is 2.15. The van der Waals surface area contributed by atoms with Crippen LogP contribution in [0, 0.1) is 13.8 Å². The highest BCUT2D eigenvalue weighted by atomic mass is 35.5. The predicted molar refractivity (Wildman–Crippen MR) is 106 cm³/mol. The number of carbonyl (C=O) groups is 1. The molecule has 7 heteroatoms. The fourth-order valence-corrected chi connectivity index (χ4v) is 3.50. The maximum atomic E-state index is 12.5. The summed E-state index contributed by atoms with van der Waals surface area (Å²) in [6.45, 7) is 5.92. The van der Waals surface area contributed by atoms with Crippen LogP contribution in [0.4, 0.5) is 0 Å². The molecule has 5 nitrogen and oxygen atoms in total. The third kappa shape index (κ3) is 5.99. The molecule has 138 valence electrons. The first kappa shape index (κ1) is 21.4. The average molecular weight is 384 g/mol. The van der Waals surface area contributed by atoms with E-state index in [0.29, 0.717) is 32.6 Å². The van der Waals surface area contributed by atoms with Gasteiger partial charge in [-0.25, -0.2) is 0 Å². The van der Waals surface area contributed by atoms with E-state index >= 15 is 0 Å². The number of thiazole rings is 1. The Morgan fingerprint density at radius 1 is 1.20 bits per heavy atom. The summed E-state index contributed by atoms with van der Waals surface area (Å²) in [7, 11) is 0. The number of hydrogen-bond donors (Lipinski definition) is 1. The quantitative estimate of drug-likeness (QED) is 0.760. The molecule has 2 N–H and O–H groups in total. The molecule has 25 heavy (non-hydrogen) atoms. The largest absolute Gasteiger partial charge is 0.341 e. The van der Waals surface area contributed by atoms with Crippen molar-refractivity contribution in [3.05, 3.63) is 56.1 Å². The summed E-state index contributed by atoms with van der Waals surface area (Å²) in [4.78, 5) is 27.2. The second-order valence-corrected chi connectivity index (χ2v) is 6.98. The monoisotopic (exact) mass is 383 g/mol. The van der Waals surface area contributed by atoms with Crippen molar-refractivity contribution in [1.82, 2.24) is 9.47 Å². The van der Waals surface area contributed by atoms with Crippen LogP contribution in [-0.4, -0.2) is 35.0 Å². The molecular weight excluding hydrogens is 358 g/mol. The molecule has 0 spiro atoms. The van der Waals surface area contributed by atoms with Gasteiger partial charge >= 0.3 is 4.87 Å². The second-order valence-electron chi connectivity index (χ2n) is 5.82. The van der Waals surface area contributed by atoms with Gasteiger partial charge in [-0.1, -0.05) is 41.7 Å². The first-order chi connectivity index (χ1) is 11.5. The van der Waals surface area contributed by atoms with Gasteiger partial charge < -0.3 is 15.2 Å². The fraction of sp³-hybridized carbons (Fsp3) is 0.444. The molecule has 1 amide bonds. The van der Waals surface area contributed by atoms with Crippen molar-refractivity contribution in [2.75, 3.05) is 19.6 Å². The number of nitrogens with two attached hydrogens (primary N) is 1. The second kappa shape index (κ2) is 10.4. The first-order valence-corrected chi connectivity index (χ1v) is 9.03. The maximum absolute atomic E-state index is 12.5. The Labute approximate surface area is 158 Å². The van der Waals surface area contributed by atoms with Gasteiger partial charge in [0.15, 0.2) is 0 Å². The summed E-state index contributed by atoms with van der Waals surface area (Å²) < 4.78 is 1.69. The number of aryl methyl sites for hydroxylation is 1. The van der Waals surface area contributed by atoms with Gasteiger partial charge in [-0.15, -0.1) is 12.4 Å². The van der Waals surface area contributed by atoms with Crippen molar-refractivity contribution in [2.45, 2.75) is 33.2 Å². The molecule has 2 aromatic rings. The smallest absolute Gasteiger partial charge is 0.307 e. The molecule has 1 aromatic carbocycles. The lowest BCUT2D eigenvalue weighted by Crippen LogP contribution is -2.37. The lowest BCUT2D eigenvalue weighted by atomic mass is 10.1. The Hall–Kier alpha value is -1.63. The SMILES string of the molecule is Cc1sc(=O)n(CCC(=O)N(CCN)CCc2ccccc2)c1C.Cl. The average Bonchev–Trinajstić information content (AvgIpc) is 2.82. The summed E-state index contributed by atoms with van der Waals surface area (Å²) >= 11 is 1.24. The van der Waals surface area contributed by atoms with Crippen LogP contribution < -0.4 is 10.6 Å². The minimum Gasteiger partial charge on any atom is -0.341 e. The minimum atomic E-state index is 0. The molecule has 1 heterocycles. The number of amides is 1. The van der Waals surface area contributed by atoms with Crippen LogP contribution >= 0.6 is 23.7 Å². The normalized spacial score (nSPS) is 10.4. The highest BCUT2D eigenvalue weighted by Crippen LogP contribution is 2.10. The summed E-state index contributed by atoms with van der Waals surface area (Å²) in [5.74, 6) is 0.0477. The fourth-order valence-electron chi connectivity index (χ4n) is 2.64. The van der Waals surface area contributed by atoms with Crippen LogP contribution in [0.5, 0.6) is 0 Å². The Kier molecular flexibility index (Phi) is 8.89. The number of benzene rings is 1. The third-order valence-corrected chi connectivity index (χ3v) is 5.19. The molecule has 0 aliphatic carbocycles. The number of halogens is 1. The lowest BCUT2D eigenvalue weighted by molar-refractivity contribution is -0.131. The summed E-state index contributed by atoms with van der Waals surface area (Å²) in [6, 6.07) is 10.1. The van der Waals surface area contributed by atoms with Crippen LogP contribution in [0.1, 0.15) is 22.6 Å². The topological polar surface area (TPSA) is 68.3 Å². The van der Waals surface area contributed by atoms with Gasteiger partial charge in [-0.3, -0.25) is 9.59 Å². The zero-order valence-electron chi connectivity index (χ0n) is 14.7. The van der Waals surface area contributed by atoms with E-state index < -0.39 is 0 Å². The molecular formula is C18H26ClN3O2S. The predicted octanol–water partition coefficient (Wildman–Crippen LogP) is 2.37. The van der Waals surface area contributed by atoms with Gasteiger partial charge in [0, 0.05) is 43.2 Å². The van der Waals surface area contributed by atoms with Crippen molar-refractivity contribution >= 4 is 29.7 Å². The Morgan fingerprint density at radius 3 is 2.44 bits per heavy atom. The molecule has 1 aromatic heterocycles. The molecule has 0 unspecified atom stereocenters. The van der Waals surface area contributed by atoms with E-state index in [1.54, 1.807) is 9.47 Å². The van der Waals surface area contributed by atoms with Crippen LogP contribution in [-0.2, 0) is 17.8 Å². The maximum Gasteiger partial charge on any atom is 0.307 e. The van der Waals surface area contributed by atoms with E-state index in [1.807, 2.05) is 32.0 Å². The van der Waals surface area contributed by atoms with Gasteiger partial charge in [0.25, 0.3) is 0 Å². The van der Waals surface area contributed by atoms with Crippen LogP contribution in [0.25, 0.3) is 0 Å². The molecule has 0 atom stereocenters. The van der Waals surface area contributed by atoms with E-state index in [-0.39, 0.29) is 23.2 Å². The van der Waals surface area contributed by atoms with E-state index in [1.165, 1.54) is 16.9 Å². The Bertz CT molecular complexity index is 728. The zero-order chi connectivity index (χ0) is 17.5. The zero-order valence-corrected chi connectivity index (χ0v) is 16.4. The standard InChI is InChI=1S/C18H25N3O2S.ClH/c1-14-15(2)24-18(23)21(14)12-9-17(22)20(13-10-19)11-8-16-6-4-3-5-7-16;/h3-7H,8-13,19H2,1-2H3;1H. The highest BCUT2D eigenvalue weighted by molar-refractivity contribution is 7.09. The van der Waals surface area contributed by atoms with Crippen molar-refractivity contribution in [3.63, 3.8) is 0 Å². The van der Waals surface area contributed by atoms with Gasteiger partial charge in [0.05, 0.1) is 0 Å². The molecule has 0 radical (unpaired) electrons. The van der Waals surface area contributed by atoms with E-state index in [2.05, 4.69) is 12.1 Å².